The Bertz CT molecular complexity index is 243. The molecule has 1 aromatic rings. The van der Waals surface area contributed by atoms with Crippen molar-refractivity contribution in [3.63, 3.8) is 0 Å². The molecule has 0 amide bonds. The lowest BCUT2D eigenvalue weighted by atomic mass is 10.2. The molecule has 68 valence electrons. The molecule has 0 bridgehead atoms. The maximum Gasteiger partial charge on any atom is 0.0715 e. The van der Waals surface area contributed by atoms with E-state index in [4.69, 9.17) is 5.11 Å². The van der Waals surface area contributed by atoms with Crippen molar-refractivity contribution in [1.82, 2.24) is 9.78 Å². The van der Waals surface area contributed by atoms with Gasteiger partial charge < -0.3 is 5.11 Å². The van der Waals surface area contributed by atoms with Crippen LogP contribution in [-0.4, -0.2) is 14.9 Å². The Hall–Kier alpha value is -0.830. The number of hydrogen-bond acceptors (Lipinski definition) is 2. The molecular weight excluding hydrogens is 152 g/mol. The van der Waals surface area contributed by atoms with Crippen LogP contribution in [0.1, 0.15) is 31.5 Å². The van der Waals surface area contributed by atoms with Crippen molar-refractivity contribution in [3.8, 4) is 0 Å². The number of aromatic nitrogens is 2. The maximum atomic E-state index is 8.98. The monoisotopic (exact) mass is 168 g/mol. The van der Waals surface area contributed by atoms with Crippen LogP contribution >= 0.6 is 0 Å². The van der Waals surface area contributed by atoms with Gasteiger partial charge in [0.1, 0.15) is 0 Å². The molecule has 1 heterocycles. The van der Waals surface area contributed by atoms with Gasteiger partial charge in [0.25, 0.3) is 0 Å². The largest absolute Gasteiger partial charge is 0.392 e. The summed E-state index contributed by atoms with van der Waals surface area (Å²) in [5, 5.41) is 13.2. The second-order valence-corrected chi connectivity index (χ2v) is 2.85. The molecule has 1 aromatic heterocycles. The first kappa shape index (κ1) is 9.26. The van der Waals surface area contributed by atoms with Gasteiger partial charge in [0.2, 0.25) is 0 Å². The minimum Gasteiger partial charge on any atom is -0.392 e. The molecule has 0 radical (unpaired) electrons. The lowest BCUT2D eigenvalue weighted by molar-refractivity contribution is 0.280. The molecule has 1 rings (SSSR count). The second-order valence-electron chi connectivity index (χ2n) is 2.85. The summed E-state index contributed by atoms with van der Waals surface area (Å²) in [5.74, 6) is 0. The van der Waals surface area contributed by atoms with E-state index in [-0.39, 0.29) is 6.61 Å². The number of aliphatic hydroxyl groups is 1. The van der Waals surface area contributed by atoms with Crippen molar-refractivity contribution in [2.45, 2.75) is 39.8 Å². The topological polar surface area (TPSA) is 38.0 Å². The number of hydrogen-bond donors (Lipinski definition) is 1. The van der Waals surface area contributed by atoms with Crippen LogP contribution in [0.2, 0.25) is 0 Å². The van der Waals surface area contributed by atoms with E-state index in [2.05, 4.69) is 18.9 Å². The van der Waals surface area contributed by atoms with E-state index >= 15 is 0 Å². The van der Waals surface area contributed by atoms with Gasteiger partial charge in [-0.3, -0.25) is 4.68 Å². The van der Waals surface area contributed by atoms with Crippen molar-refractivity contribution in [2.24, 2.45) is 0 Å². The third-order valence-corrected chi connectivity index (χ3v) is 1.98. The average Bonchev–Trinajstić information content (AvgIpc) is 2.47. The van der Waals surface area contributed by atoms with Crippen LogP contribution in [0, 0.1) is 0 Å². The fraction of sp³-hybridized carbons (Fsp3) is 0.667. The second kappa shape index (κ2) is 4.26. The summed E-state index contributed by atoms with van der Waals surface area (Å²) in [6.07, 6.45) is 3.78. The summed E-state index contributed by atoms with van der Waals surface area (Å²) >= 11 is 0. The standard InChI is InChI=1S/C9H16N2O/c1-3-5-11-9(4-2)8(7-12)6-10-11/h6,12H,3-5,7H2,1-2H3. The molecule has 0 atom stereocenters. The smallest absolute Gasteiger partial charge is 0.0715 e. The molecule has 0 fully saturated rings. The quantitative estimate of drug-likeness (QED) is 0.737. The third-order valence-electron chi connectivity index (χ3n) is 1.98. The van der Waals surface area contributed by atoms with Crippen LogP contribution in [0.3, 0.4) is 0 Å². The Morgan fingerprint density at radius 2 is 2.25 bits per heavy atom. The fourth-order valence-electron chi connectivity index (χ4n) is 1.40. The molecule has 0 saturated carbocycles. The first-order chi connectivity index (χ1) is 5.83. The zero-order valence-electron chi connectivity index (χ0n) is 7.75. The van der Waals surface area contributed by atoms with Gasteiger partial charge in [-0.2, -0.15) is 5.10 Å². The molecule has 0 aliphatic heterocycles. The van der Waals surface area contributed by atoms with Crippen molar-refractivity contribution in [2.75, 3.05) is 0 Å². The highest BCUT2D eigenvalue weighted by Gasteiger charge is 2.06. The van der Waals surface area contributed by atoms with E-state index in [1.54, 1.807) is 6.20 Å². The van der Waals surface area contributed by atoms with Gasteiger partial charge >= 0.3 is 0 Å². The maximum absolute atomic E-state index is 8.98. The molecule has 3 heteroatoms. The Kier molecular flexibility index (Phi) is 3.29. The van der Waals surface area contributed by atoms with Crippen LogP contribution in [0.15, 0.2) is 6.20 Å². The Labute approximate surface area is 73.0 Å². The van der Waals surface area contributed by atoms with Gasteiger partial charge in [-0.25, -0.2) is 0 Å². The van der Waals surface area contributed by atoms with E-state index < -0.39 is 0 Å². The van der Waals surface area contributed by atoms with E-state index in [0.29, 0.717) is 0 Å². The Balaban J connectivity index is 2.88. The van der Waals surface area contributed by atoms with Gasteiger partial charge in [-0.1, -0.05) is 13.8 Å². The van der Waals surface area contributed by atoms with Crippen LogP contribution in [0.4, 0.5) is 0 Å². The van der Waals surface area contributed by atoms with Crippen LogP contribution in [0.5, 0.6) is 0 Å². The van der Waals surface area contributed by atoms with Crippen LogP contribution in [-0.2, 0) is 19.6 Å². The summed E-state index contributed by atoms with van der Waals surface area (Å²) < 4.78 is 1.98. The van der Waals surface area contributed by atoms with Crippen LogP contribution in [0.25, 0.3) is 0 Å². The number of rotatable bonds is 4. The number of nitrogens with zero attached hydrogens (tertiary/aromatic N) is 2. The zero-order chi connectivity index (χ0) is 8.97. The molecule has 3 nitrogen and oxygen atoms in total. The summed E-state index contributed by atoms with van der Waals surface area (Å²) in [7, 11) is 0. The summed E-state index contributed by atoms with van der Waals surface area (Å²) in [6.45, 7) is 5.26. The first-order valence-corrected chi connectivity index (χ1v) is 4.47. The molecule has 0 aliphatic carbocycles. The van der Waals surface area contributed by atoms with Gasteiger partial charge in [-0.15, -0.1) is 0 Å². The van der Waals surface area contributed by atoms with Crippen molar-refractivity contribution < 1.29 is 5.11 Å². The van der Waals surface area contributed by atoms with Gasteiger partial charge in [-0.05, 0) is 12.8 Å². The predicted molar refractivity (Wildman–Crippen MR) is 47.8 cm³/mol. The molecule has 0 aromatic carbocycles. The van der Waals surface area contributed by atoms with Gasteiger partial charge in [0.05, 0.1) is 12.8 Å². The SMILES string of the molecule is CCCn1ncc(CO)c1CC. The highest BCUT2D eigenvalue weighted by atomic mass is 16.3. The number of aliphatic hydroxyl groups excluding tert-OH is 1. The molecule has 0 spiro atoms. The van der Waals surface area contributed by atoms with Gasteiger partial charge in [0.15, 0.2) is 0 Å². The molecular formula is C9H16N2O. The predicted octanol–water partition coefficient (Wildman–Crippen LogP) is 1.35. The number of aryl methyl sites for hydroxylation is 1. The van der Waals surface area contributed by atoms with Crippen molar-refractivity contribution in [3.05, 3.63) is 17.5 Å². The lowest BCUT2D eigenvalue weighted by Gasteiger charge is -2.04. The third kappa shape index (κ3) is 1.67. The normalized spacial score (nSPS) is 10.6. The van der Waals surface area contributed by atoms with Gasteiger partial charge in [0, 0.05) is 17.8 Å². The molecule has 12 heavy (non-hydrogen) atoms. The average molecular weight is 168 g/mol. The van der Waals surface area contributed by atoms with E-state index in [9.17, 15) is 0 Å². The lowest BCUT2D eigenvalue weighted by Crippen LogP contribution is -2.04. The fourth-order valence-corrected chi connectivity index (χ4v) is 1.40. The summed E-state index contributed by atoms with van der Waals surface area (Å²) in [4.78, 5) is 0. The molecule has 0 saturated heterocycles. The highest BCUT2D eigenvalue weighted by Crippen LogP contribution is 2.09. The van der Waals surface area contributed by atoms with E-state index in [0.717, 1.165) is 24.9 Å². The highest BCUT2D eigenvalue weighted by molar-refractivity contribution is 5.16. The minimum absolute atomic E-state index is 0.104. The Morgan fingerprint density at radius 3 is 2.75 bits per heavy atom. The van der Waals surface area contributed by atoms with Crippen molar-refractivity contribution in [1.29, 1.82) is 0 Å². The first-order valence-electron chi connectivity index (χ1n) is 4.47. The molecule has 1 N–H and O–H groups in total. The minimum atomic E-state index is 0.104. The summed E-state index contributed by atoms with van der Waals surface area (Å²) in [5.41, 5.74) is 2.13. The zero-order valence-corrected chi connectivity index (χ0v) is 7.75. The van der Waals surface area contributed by atoms with E-state index in [1.165, 1.54) is 5.69 Å². The van der Waals surface area contributed by atoms with Crippen LogP contribution < -0.4 is 0 Å². The summed E-state index contributed by atoms with van der Waals surface area (Å²) in [6, 6.07) is 0. The Morgan fingerprint density at radius 1 is 1.50 bits per heavy atom. The molecule has 0 unspecified atom stereocenters. The molecule has 0 aliphatic rings. The van der Waals surface area contributed by atoms with Crippen molar-refractivity contribution >= 4 is 0 Å². The van der Waals surface area contributed by atoms with E-state index in [1.807, 2.05) is 4.68 Å².